The molecule has 0 radical (unpaired) electrons. The number of nitrogens with zero attached hydrogens (tertiary/aromatic N) is 1. The van der Waals surface area contributed by atoms with Gasteiger partial charge < -0.3 is 19.9 Å². The molecule has 7 heteroatoms. The second-order valence-corrected chi connectivity index (χ2v) is 7.02. The van der Waals surface area contributed by atoms with E-state index < -0.39 is 12.1 Å². The number of rotatable bonds is 3. The third kappa shape index (κ3) is 3.00. The van der Waals surface area contributed by atoms with Crippen molar-refractivity contribution in [3.8, 4) is 11.5 Å². The average molecular weight is 402 g/mol. The fourth-order valence-electron chi connectivity index (χ4n) is 3.74. The molecule has 2 aliphatic heterocycles. The van der Waals surface area contributed by atoms with Gasteiger partial charge in [-0.05, 0) is 42.0 Å². The quantitative estimate of drug-likeness (QED) is 0.690. The molecule has 150 valence electrons. The lowest BCUT2D eigenvalue weighted by molar-refractivity contribution is 0.0696. The van der Waals surface area contributed by atoms with Crippen LogP contribution in [0.5, 0.6) is 11.5 Å². The minimum atomic E-state index is -0.997. The second-order valence-electron chi connectivity index (χ2n) is 7.02. The second kappa shape index (κ2) is 7.11. The Morgan fingerprint density at radius 3 is 2.47 bits per heavy atom. The fraction of sp³-hybridized carbons (Fsp3) is 0.130. The first-order valence-electron chi connectivity index (χ1n) is 9.54. The number of hydrogen-bond acceptors (Lipinski definition) is 5. The Hall–Kier alpha value is -4.00. The predicted molar refractivity (Wildman–Crippen MR) is 110 cm³/mol. The van der Waals surface area contributed by atoms with Gasteiger partial charge >= 0.3 is 5.97 Å². The number of carbonyl (C=O) groups is 2. The lowest BCUT2D eigenvalue weighted by Crippen LogP contribution is -2.43. The molecule has 0 saturated carbocycles. The third-order valence-corrected chi connectivity index (χ3v) is 5.20. The van der Waals surface area contributed by atoms with Crippen molar-refractivity contribution in [2.45, 2.75) is 6.17 Å². The van der Waals surface area contributed by atoms with E-state index in [2.05, 4.69) is 5.32 Å². The maximum absolute atomic E-state index is 13.5. The lowest BCUT2D eigenvalue weighted by atomic mass is 10.0. The van der Waals surface area contributed by atoms with Crippen LogP contribution in [0.15, 0.2) is 66.7 Å². The van der Waals surface area contributed by atoms with E-state index in [1.54, 1.807) is 35.2 Å². The predicted octanol–water partition coefficient (Wildman–Crippen LogP) is 3.93. The van der Waals surface area contributed by atoms with E-state index in [1.165, 1.54) is 12.1 Å². The first kappa shape index (κ1) is 18.1. The number of carboxylic acid groups (broad SMARTS) is 1. The zero-order valence-electron chi connectivity index (χ0n) is 15.9. The highest BCUT2D eigenvalue weighted by molar-refractivity contribution is 6.12. The largest absolute Gasteiger partial charge is 0.486 e. The molecule has 0 aromatic heterocycles. The van der Waals surface area contributed by atoms with Crippen molar-refractivity contribution in [1.29, 1.82) is 0 Å². The average Bonchev–Trinajstić information content (AvgIpc) is 2.79. The molecule has 0 spiro atoms. The summed E-state index contributed by atoms with van der Waals surface area (Å²) in [7, 11) is 0. The number of carboxylic acids is 1. The maximum Gasteiger partial charge on any atom is 0.335 e. The molecule has 2 heterocycles. The fourth-order valence-corrected chi connectivity index (χ4v) is 3.74. The minimum absolute atomic E-state index is 0.159. The van der Waals surface area contributed by atoms with Crippen molar-refractivity contribution < 1.29 is 24.2 Å². The molecular formula is C23H18N2O5. The van der Waals surface area contributed by atoms with Crippen molar-refractivity contribution in [2.24, 2.45) is 0 Å². The van der Waals surface area contributed by atoms with Gasteiger partial charge in [0.2, 0.25) is 0 Å². The summed E-state index contributed by atoms with van der Waals surface area (Å²) >= 11 is 0. The summed E-state index contributed by atoms with van der Waals surface area (Å²) in [6, 6.07) is 19.2. The number of aromatic carboxylic acids is 1. The molecule has 3 aromatic carbocycles. The van der Waals surface area contributed by atoms with Crippen molar-refractivity contribution >= 4 is 23.3 Å². The molecule has 30 heavy (non-hydrogen) atoms. The molecule has 1 amide bonds. The number of amides is 1. The van der Waals surface area contributed by atoms with Gasteiger partial charge in [-0.2, -0.15) is 0 Å². The molecule has 3 aromatic rings. The molecule has 2 N–H and O–H groups in total. The number of fused-ring (bicyclic) bond motifs is 2. The van der Waals surface area contributed by atoms with Crippen LogP contribution in [0.2, 0.25) is 0 Å². The van der Waals surface area contributed by atoms with Gasteiger partial charge in [0.15, 0.2) is 11.5 Å². The zero-order valence-corrected chi connectivity index (χ0v) is 15.9. The van der Waals surface area contributed by atoms with Crippen LogP contribution >= 0.6 is 0 Å². The summed E-state index contributed by atoms with van der Waals surface area (Å²) in [6.45, 7) is 0.939. The van der Waals surface area contributed by atoms with E-state index in [9.17, 15) is 14.7 Å². The van der Waals surface area contributed by atoms with E-state index in [4.69, 9.17) is 9.47 Å². The molecular weight excluding hydrogens is 384 g/mol. The van der Waals surface area contributed by atoms with Gasteiger partial charge in [0, 0.05) is 11.8 Å². The molecule has 0 aliphatic carbocycles. The Kier molecular flexibility index (Phi) is 4.28. The van der Waals surface area contributed by atoms with Crippen molar-refractivity contribution in [3.63, 3.8) is 0 Å². The molecule has 2 aliphatic rings. The van der Waals surface area contributed by atoms with Crippen LogP contribution in [-0.4, -0.2) is 30.2 Å². The number of carbonyl (C=O) groups excluding carboxylic acids is 1. The molecule has 1 unspecified atom stereocenters. The van der Waals surface area contributed by atoms with Crippen LogP contribution in [0.3, 0.4) is 0 Å². The number of para-hydroxylation sites is 1. The number of anilines is 2. The number of ether oxygens (including phenoxy) is 2. The monoisotopic (exact) mass is 402 g/mol. The zero-order chi connectivity index (χ0) is 20.7. The Morgan fingerprint density at radius 2 is 1.70 bits per heavy atom. The van der Waals surface area contributed by atoms with Crippen molar-refractivity contribution in [1.82, 2.24) is 0 Å². The standard InChI is InChI=1S/C23H18N2O5/c26-22-17-3-1-2-4-18(17)24-21(14-5-7-15(8-6-14)23(27)28)25(22)16-9-10-19-20(13-16)30-12-11-29-19/h1-10,13,21,24H,11-12H2,(H,27,28). The van der Waals surface area contributed by atoms with E-state index >= 15 is 0 Å². The van der Waals surface area contributed by atoms with Crippen LogP contribution in [0.1, 0.15) is 32.4 Å². The Balaban J connectivity index is 1.61. The summed E-state index contributed by atoms with van der Waals surface area (Å²) in [6.07, 6.45) is -0.516. The number of benzene rings is 3. The minimum Gasteiger partial charge on any atom is -0.486 e. The van der Waals surface area contributed by atoms with E-state index in [0.29, 0.717) is 36.0 Å². The Bertz CT molecular complexity index is 1140. The summed E-state index contributed by atoms with van der Waals surface area (Å²) in [5, 5.41) is 12.6. The van der Waals surface area contributed by atoms with Crippen molar-refractivity contribution in [3.05, 3.63) is 83.4 Å². The van der Waals surface area contributed by atoms with Crippen LogP contribution < -0.4 is 19.7 Å². The Morgan fingerprint density at radius 1 is 0.967 bits per heavy atom. The molecule has 0 bridgehead atoms. The normalized spacial score (nSPS) is 17.1. The molecule has 0 fully saturated rings. The third-order valence-electron chi connectivity index (χ3n) is 5.20. The van der Waals surface area contributed by atoms with Gasteiger partial charge in [-0.15, -0.1) is 0 Å². The van der Waals surface area contributed by atoms with Crippen LogP contribution in [0, 0.1) is 0 Å². The number of nitrogens with one attached hydrogen (secondary N) is 1. The first-order chi connectivity index (χ1) is 14.6. The van der Waals surface area contributed by atoms with Gasteiger partial charge in [-0.3, -0.25) is 9.69 Å². The number of hydrogen-bond donors (Lipinski definition) is 2. The van der Waals surface area contributed by atoms with E-state index in [-0.39, 0.29) is 11.5 Å². The summed E-state index contributed by atoms with van der Waals surface area (Å²) in [5.41, 5.74) is 2.89. The lowest BCUT2D eigenvalue weighted by Gasteiger charge is -2.38. The highest BCUT2D eigenvalue weighted by Crippen LogP contribution is 2.40. The maximum atomic E-state index is 13.5. The highest BCUT2D eigenvalue weighted by atomic mass is 16.6. The summed E-state index contributed by atoms with van der Waals surface area (Å²) in [5.74, 6) is 0.0761. The first-order valence-corrected chi connectivity index (χ1v) is 9.54. The van der Waals surface area contributed by atoms with Crippen LogP contribution in [0.4, 0.5) is 11.4 Å². The van der Waals surface area contributed by atoms with Crippen molar-refractivity contribution in [2.75, 3.05) is 23.4 Å². The SMILES string of the molecule is O=C(O)c1ccc(C2Nc3ccccc3C(=O)N2c2ccc3c(c2)OCCO3)cc1. The molecule has 1 atom stereocenters. The summed E-state index contributed by atoms with van der Waals surface area (Å²) in [4.78, 5) is 26.3. The van der Waals surface area contributed by atoms with Crippen LogP contribution in [-0.2, 0) is 0 Å². The molecule has 5 rings (SSSR count). The van der Waals surface area contributed by atoms with Gasteiger partial charge in [0.05, 0.1) is 16.8 Å². The van der Waals surface area contributed by atoms with Gasteiger partial charge in [-0.25, -0.2) is 4.79 Å². The van der Waals surface area contributed by atoms with Crippen LogP contribution in [0.25, 0.3) is 0 Å². The molecule has 0 saturated heterocycles. The highest BCUT2D eigenvalue weighted by Gasteiger charge is 2.34. The van der Waals surface area contributed by atoms with Gasteiger partial charge in [-0.1, -0.05) is 24.3 Å². The van der Waals surface area contributed by atoms with Gasteiger partial charge in [0.25, 0.3) is 5.91 Å². The van der Waals surface area contributed by atoms with E-state index in [0.717, 1.165) is 11.3 Å². The van der Waals surface area contributed by atoms with E-state index in [1.807, 2.05) is 24.3 Å². The summed E-state index contributed by atoms with van der Waals surface area (Å²) < 4.78 is 11.3. The van der Waals surface area contributed by atoms with Gasteiger partial charge in [0.1, 0.15) is 19.4 Å². The smallest absolute Gasteiger partial charge is 0.335 e. The topological polar surface area (TPSA) is 88.1 Å². The molecule has 7 nitrogen and oxygen atoms in total. The Labute approximate surface area is 172 Å².